The van der Waals surface area contributed by atoms with Gasteiger partial charge in [0.05, 0.1) is 0 Å². The fraction of sp³-hybridized carbons (Fsp3) is 0.667. The Morgan fingerprint density at radius 1 is 1.29 bits per heavy atom. The maximum atomic E-state index is 3.66. The molecule has 3 heteroatoms. The molecule has 1 unspecified atom stereocenters. The lowest BCUT2D eigenvalue weighted by molar-refractivity contribution is 0.246. The molecule has 1 aromatic carbocycles. The van der Waals surface area contributed by atoms with Crippen LogP contribution in [0.5, 0.6) is 0 Å². The van der Waals surface area contributed by atoms with Gasteiger partial charge >= 0.3 is 0 Å². The van der Waals surface area contributed by atoms with Crippen LogP contribution in [-0.4, -0.2) is 38.1 Å². The van der Waals surface area contributed by atoms with Gasteiger partial charge in [-0.3, -0.25) is 0 Å². The van der Waals surface area contributed by atoms with Gasteiger partial charge in [0.15, 0.2) is 0 Å². The topological polar surface area (TPSA) is 27.3 Å². The largest absolute Gasteiger partial charge is 0.385 e. The van der Waals surface area contributed by atoms with Crippen LogP contribution < -0.4 is 10.6 Å². The van der Waals surface area contributed by atoms with Crippen LogP contribution in [0.3, 0.4) is 0 Å². The first-order chi connectivity index (χ1) is 10.1. The zero-order valence-electron chi connectivity index (χ0n) is 14.1. The van der Waals surface area contributed by atoms with Crippen molar-refractivity contribution >= 4 is 5.69 Å². The molecule has 1 aromatic rings. The van der Waals surface area contributed by atoms with Gasteiger partial charge in [-0.1, -0.05) is 32.0 Å². The Labute approximate surface area is 130 Å². The molecule has 1 aliphatic rings. The van der Waals surface area contributed by atoms with Crippen molar-refractivity contribution in [2.75, 3.05) is 32.5 Å². The summed E-state index contributed by atoms with van der Waals surface area (Å²) in [5, 5.41) is 7.23. The third-order valence-corrected chi connectivity index (χ3v) is 4.33. The lowest BCUT2D eigenvalue weighted by atomic mass is 9.99. The lowest BCUT2D eigenvalue weighted by Gasteiger charge is -2.27. The fourth-order valence-corrected chi connectivity index (χ4v) is 3.12. The van der Waals surface area contributed by atoms with E-state index in [0.717, 1.165) is 25.6 Å². The first-order valence-corrected chi connectivity index (χ1v) is 8.29. The second-order valence-corrected chi connectivity index (χ2v) is 6.86. The number of rotatable bonds is 7. The first kappa shape index (κ1) is 16.3. The Bertz CT molecular complexity index is 440. The van der Waals surface area contributed by atoms with E-state index in [-0.39, 0.29) is 0 Å². The fourth-order valence-electron chi connectivity index (χ4n) is 3.12. The minimum absolute atomic E-state index is 0.609. The van der Waals surface area contributed by atoms with Gasteiger partial charge in [0.2, 0.25) is 0 Å². The number of aryl methyl sites for hydroxylation is 1. The number of hydrogen-bond acceptors (Lipinski definition) is 3. The molecular formula is C18H31N3. The van der Waals surface area contributed by atoms with Crippen LogP contribution in [0.4, 0.5) is 5.69 Å². The predicted octanol–water partition coefficient (Wildman–Crippen LogP) is 3.11. The number of hydrogen-bond donors (Lipinski definition) is 2. The molecule has 2 rings (SSSR count). The average molecular weight is 289 g/mol. The molecule has 0 amide bonds. The molecule has 1 aliphatic heterocycles. The molecule has 3 nitrogen and oxygen atoms in total. The summed E-state index contributed by atoms with van der Waals surface area (Å²) in [6, 6.07) is 7.31. The molecule has 2 N–H and O–H groups in total. The standard InChI is InChI=1S/C18H31N3/c1-14(2)11-17(21(3)4)13-19-12-16-8-5-7-15-9-6-10-20-18(15)16/h5,7-8,14,17,19-20H,6,9-13H2,1-4H3. The molecule has 0 bridgehead atoms. The second-order valence-electron chi connectivity index (χ2n) is 6.86. The Kier molecular flexibility index (Phi) is 6.07. The molecular weight excluding hydrogens is 258 g/mol. The highest BCUT2D eigenvalue weighted by molar-refractivity contribution is 5.59. The van der Waals surface area contributed by atoms with Crippen molar-refractivity contribution in [2.45, 2.75) is 45.7 Å². The van der Waals surface area contributed by atoms with Gasteiger partial charge < -0.3 is 15.5 Å². The molecule has 0 aromatic heterocycles. The number of likely N-dealkylation sites (N-methyl/N-ethyl adjacent to an activating group) is 1. The van der Waals surface area contributed by atoms with Crippen molar-refractivity contribution in [3.05, 3.63) is 29.3 Å². The van der Waals surface area contributed by atoms with Gasteiger partial charge in [-0.2, -0.15) is 0 Å². The van der Waals surface area contributed by atoms with Crippen LogP contribution in [0.25, 0.3) is 0 Å². The van der Waals surface area contributed by atoms with Crippen molar-refractivity contribution in [2.24, 2.45) is 5.92 Å². The summed E-state index contributed by atoms with van der Waals surface area (Å²) in [5.41, 5.74) is 4.27. The van der Waals surface area contributed by atoms with E-state index in [1.165, 1.54) is 36.1 Å². The van der Waals surface area contributed by atoms with Gasteiger partial charge in [0.1, 0.15) is 0 Å². The smallest absolute Gasteiger partial charge is 0.0418 e. The minimum atomic E-state index is 0.609. The van der Waals surface area contributed by atoms with E-state index >= 15 is 0 Å². The number of nitrogens with one attached hydrogen (secondary N) is 2. The van der Waals surface area contributed by atoms with E-state index in [1.807, 2.05) is 0 Å². The van der Waals surface area contributed by atoms with Crippen LogP contribution in [0.1, 0.15) is 37.8 Å². The van der Waals surface area contributed by atoms with Crippen molar-refractivity contribution in [3.63, 3.8) is 0 Å². The van der Waals surface area contributed by atoms with Gasteiger partial charge in [0.25, 0.3) is 0 Å². The van der Waals surface area contributed by atoms with Gasteiger partial charge in [-0.25, -0.2) is 0 Å². The van der Waals surface area contributed by atoms with E-state index in [4.69, 9.17) is 0 Å². The van der Waals surface area contributed by atoms with Gasteiger partial charge in [-0.05, 0) is 50.4 Å². The summed E-state index contributed by atoms with van der Waals surface area (Å²) in [6.07, 6.45) is 3.70. The predicted molar refractivity (Wildman–Crippen MR) is 91.9 cm³/mol. The van der Waals surface area contributed by atoms with E-state index in [9.17, 15) is 0 Å². The second kappa shape index (κ2) is 7.81. The molecule has 0 radical (unpaired) electrons. The van der Waals surface area contributed by atoms with Crippen molar-refractivity contribution in [3.8, 4) is 0 Å². The minimum Gasteiger partial charge on any atom is -0.385 e. The Morgan fingerprint density at radius 3 is 2.81 bits per heavy atom. The zero-order chi connectivity index (χ0) is 15.2. The van der Waals surface area contributed by atoms with E-state index in [0.29, 0.717) is 6.04 Å². The summed E-state index contributed by atoms with van der Waals surface area (Å²) in [6.45, 7) is 7.72. The summed E-state index contributed by atoms with van der Waals surface area (Å²) in [4.78, 5) is 2.34. The highest BCUT2D eigenvalue weighted by Crippen LogP contribution is 2.25. The van der Waals surface area contributed by atoms with Crippen LogP contribution in [0.2, 0.25) is 0 Å². The number of anilines is 1. The first-order valence-electron chi connectivity index (χ1n) is 8.29. The maximum absolute atomic E-state index is 3.66. The molecule has 0 saturated carbocycles. The summed E-state index contributed by atoms with van der Waals surface area (Å²) in [7, 11) is 4.36. The Balaban J connectivity index is 1.91. The van der Waals surface area contributed by atoms with E-state index < -0.39 is 0 Å². The summed E-state index contributed by atoms with van der Waals surface area (Å²) < 4.78 is 0. The SMILES string of the molecule is CC(C)CC(CNCc1cccc2c1NCCC2)N(C)C. The third-order valence-electron chi connectivity index (χ3n) is 4.33. The molecule has 0 saturated heterocycles. The molecule has 0 fully saturated rings. The van der Waals surface area contributed by atoms with Crippen molar-refractivity contribution in [1.29, 1.82) is 0 Å². The number of benzene rings is 1. The third kappa shape index (κ3) is 4.72. The van der Waals surface area contributed by atoms with Crippen molar-refractivity contribution < 1.29 is 0 Å². The Morgan fingerprint density at radius 2 is 2.10 bits per heavy atom. The highest BCUT2D eigenvalue weighted by Gasteiger charge is 2.15. The molecule has 118 valence electrons. The van der Waals surface area contributed by atoms with E-state index in [2.05, 4.69) is 61.7 Å². The molecule has 0 aliphatic carbocycles. The monoisotopic (exact) mass is 289 g/mol. The quantitative estimate of drug-likeness (QED) is 0.807. The summed E-state index contributed by atoms with van der Waals surface area (Å²) in [5.74, 6) is 0.741. The van der Waals surface area contributed by atoms with Crippen LogP contribution in [-0.2, 0) is 13.0 Å². The maximum Gasteiger partial charge on any atom is 0.0418 e. The van der Waals surface area contributed by atoms with E-state index in [1.54, 1.807) is 0 Å². The zero-order valence-corrected chi connectivity index (χ0v) is 14.1. The van der Waals surface area contributed by atoms with Crippen molar-refractivity contribution in [1.82, 2.24) is 10.2 Å². The summed E-state index contributed by atoms with van der Waals surface area (Å²) >= 11 is 0. The lowest BCUT2D eigenvalue weighted by Crippen LogP contribution is -2.38. The number of fused-ring (bicyclic) bond motifs is 1. The van der Waals surface area contributed by atoms with Crippen LogP contribution in [0, 0.1) is 5.92 Å². The highest BCUT2D eigenvalue weighted by atomic mass is 15.1. The Hall–Kier alpha value is -1.06. The normalized spacial score (nSPS) is 15.9. The van der Waals surface area contributed by atoms with Crippen LogP contribution >= 0.6 is 0 Å². The van der Waals surface area contributed by atoms with Crippen LogP contribution in [0.15, 0.2) is 18.2 Å². The molecule has 21 heavy (non-hydrogen) atoms. The number of nitrogens with zero attached hydrogens (tertiary/aromatic N) is 1. The molecule has 0 spiro atoms. The van der Waals surface area contributed by atoms with Gasteiger partial charge in [-0.15, -0.1) is 0 Å². The number of para-hydroxylation sites is 1. The average Bonchev–Trinajstić information content (AvgIpc) is 2.46. The van der Waals surface area contributed by atoms with Gasteiger partial charge in [0, 0.05) is 31.4 Å². The molecule has 1 heterocycles. The molecule has 1 atom stereocenters.